The van der Waals surface area contributed by atoms with Crippen LogP contribution in [-0.2, 0) is 4.74 Å². The summed E-state index contributed by atoms with van der Waals surface area (Å²) >= 11 is 0. The summed E-state index contributed by atoms with van der Waals surface area (Å²) in [6.07, 6.45) is 1.01. The predicted molar refractivity (Wildman–Crippen MR) is 60.7 cm³/mol. The second-order valence-electron chi connectivity index (χ2n) is 3.52. The molecule has 1 rings (SSSR count). The Morgan fingerprint density at radius 2 is 2.13 bits per heavy atom. The summed E-state index contributed by atoms with van der Waals surface area (Å²) < 4.78 is 18.5. The second-order valence-corrected chi connectivity index (χ2v) is 3.52. The summed E-state index contributed by atoms with van der Waals surface area (Å²) in [6.45, 7) is 6.02. The maximum Gasteiger partial charge on any atom is 0.146 e. The zero-order valence-electron chi connectivity index (χ0n) is 9.35. The molecule has 1 aromatic carbocycles. The fraction of sp³-hybridized carbons (Fsp3) is 0.500. The third-order valence-electron chi connectivity index (χ3n) is 2.03. The smallest absolute Gasteiger partial charge is 0.146 e. The van der Waals surface area contributed by atoms with E-state index in [0.717, 1.165) is 18.6 Å². The van der Waals surface area contributed by atoms with Gasteiger partial charge < -0.3 is 10.1 Å². The molecule has 0 aliphatic heterocycles. The molecular weight excluding hydrogens is 193 g/mol. The zero-order chi connectivity index (χ0) is 11.1. The lowest BCUT2D eigenvalue weighted by atomic mass is 10.2. The Bertz CT molecular complexity index is 302. The molecular formula is C12H18FNO. The van der Waals surface area contributed by atoms with Crippen LogP contribution in [0.3, 0.4) is 0 Å². The van der Waals surface area contributed by atoms with Crippen LogP contribution in [0.2, 0.25) is 0 Å². The van der Waals surface area contributed by atoms with Crippen LogP contribution in [-0.4, -0.2) is 19.8 Å². The second kappa shape index (κ2) is 6.40. The van der Waals surface area contributed by atoms with Crippen molar-refractivity contribution in [1.82, 2.24) is 0 Å². The van der Waals surface area contributed by atoms with Gasteiger partial charge in [-0.15, -0.1) is 0 Å². The fourth-order valence-electron chi connectivity index (χ4n) is 1.28. The van der Waals surface area contributed by atoms with Crippen LogP contribution < -0.4 is 5.32 Å². The Morgan fingerprint density at radius 1 is 1.33 bits per heavy atom. The fourth-order valence-corrected chi connectivity index (χ4v) is 1.28. The largest absolute Gasteiger partial charge is 0.380 e. The SMILES string of the molecule is CCCOCCNc1cc(C)ccc1F. The summed E-state index contributed by atoms with van der Waals surface area (Å²) in [6, 6.07) is 5.04. The molecule has 3 heteroatoms. The van der Waals surface area contributed by atoms with Crippen molar-refractivity contribution >= 4 is 5.69 Å². The van der Waals surface area contributed by atoms with E-state index >= 15 is 0 Å². The first-order valence-corrected chi connectivity index (χ1v) is 5.32. The predicted octanol–water partition coefficient (Wildman–Crippen LogP) is 2.97. The highest BCUT2D eigenvalue weighted by atomic mass is 19.1. The molecule has 0 amide bonds. The van der Waals surface area contributed by atoms with E-state index in [1.807, 2.05) is 6.92 Å². The topological polar surface area (TPSA) is 21.3 Å². The lowest BCUT2D eigenvalue weighted by Crippen LogP contribution is -2.10. The average Bonchev–Trinajstić information content (AvgIpc) is 2.23. The average molecular weight is 211 g/mol. The van der Waals surface area contributed by atoms with Crippen molar-refractivity contribution in [2.24, 2.45) is 0 Å². The van der Waals surface area contributed by atoms with Gasteiger partial charge >= 0.3 is 0 Å². The highest BCUT2D eigenvalue weighted by molar-refractivity contribution is 5.46. The first kappa shape index (κ1) is 12.0. The van der Waals surface area contributed by atoms with Crippen LogP contribution in [0.25, 0.3) is 0 Å². The highest BCUT2D eigenvalue weighted by Gasteiger charge is 2.00. The molecule has 0 unspecified atom stereocenters. The Kier molecular flexibility index (Phi) is 5.12. The molecule has 0 fully saturated rings. The van der Waals surface area contributed by atoms with Gasteiger partial charge in [-0.2, -0.15) is 0 Å². The standard InChI is InChI=1S/C12H18FNO/c1-3-7-15-8-6-14-12-9-10(2)4-5-11(12)13/h4-5,9,14H,3,6-8H2,1-2H3. The minimum absolute atomic E-state index is 0.212. The van der Waals surface area contributed by atoms with E-state index in [-0.39, 0.29) is 5.82 Å². The summed E-state index contributed by atoms with van der Waals surface area (Å²) in [4.78, 5) is 0. The third kappa shape index (κ3) is 4.30. The maximum atomic E-state index is 13.2. The number of halogens is 1. The van der Waals surface area contributed by atoms with Crippen LogP contribution in [0.4, 0.5) is 10.1 Å². The Balaban J connectivity index is 2.33. The van der Waals surface area contributed by atoms with Crippen molar-refractivity contribution in [3.63, 3.8) is 0 Å². The van der Waals surface area contributed by atoms with Gasteiger partial charge in [-0.05, 0) is 31.0 Å². The molecule has 2 nitrogen and oxygen atoms in total. The molecule has 0 saturated carbocycles. The lowest BCUT2D eigenvalue weighted by Gasteiger charge is -2.08. The van der Waals surface area contributed by atoms with Crippen molar-refractivity contribution in [3.8, 4) is 0 Å². The summed E-state index contributed by atoms with van der Waals surface area (Å²) in [5, 5.41) is 3.01. The van der Waals surface area contributed by atoms with Crippen LogP contribution >= 0.6 is 0 Å². The number of hydrogen-bond acceptors (Lipinski definition) is 2. The molecule has 0 saturated heterocycles. The number of nitrogens with one attached hydrogen (secondary N) is 1. The van der Waals surface area contributed by atoms with Gasteiger partial charge in [-0.25, -0.2) is 4.39 Å². The van der Waals surface area contributed by atoms with Crippen LogP contribution in [0.15, 0.2) is 18.2 Å². The molecule has 1 N–H and O–H groups in total. The van der Waals surface area contributed by atoms with Crippen molar-refractivity contribution < 1.29 is 9.13 Å². The van der Waals surface area contributed by atoms with E-state index < -0.39 is 0 Å². The molecule has 0 atom stereocenters. The molecule has 0 aliphatic rings. The summed E-state index contributed by atoms with van der Waals surface area (Å²) in [7, 11) is 0. The molecule has 1 aromatic rings. The van der Waals surface area contributed by atoms with Gasteiger partial charge in [0.15, 0.2) is 0 Å². The molecule has 0 aliphatic carbocycles. The number of ether oxygens (including phenoxy) is 1. The first-order valence-electron chi connectivity index (χ1n) is 5.32. The highest BCUT2D eigenvalue weighted by Crippen LogP contribution is 2.14. The summed E-state index contributed by atoms with van der Waals surface area (Å²) in [5.41, 5.74) is 1.60. The number of benzene rings is 1. The number of rotatable bonds is 6. The van der Waals surface area contributed by atoms with Crippen molar-refractivity contribution in [2.75, 3.05) is 25.1 Å². The van der Waals surface area contributed by atoms with Crippen LogP contribution in [0.1, 0.15) is 18.9 Å². The molecule has 0 spiro atoms. The Hall–Kier alpha value is -1.09. The van der Waals surface area contributed by atoms with E-state index in [9.17, 15) is 4.39 Å². The molecule has 0 radical (unpaired) electrons. The molecule has 84 valence electrons. The van der Waals surface area contributed by atoms with Crippen molar-refractivity contribution in [2.45, 2.75) is 20.3 Å². The Labute approximate surface area is 90.4 Å². The van der Waals surface area contributed by atoms with E-state index in [0.29, 0.717) is 18.8 Å². The maximum absolute atomic E-state index is 13.2. The van der Waals surface area contributed by atoms with E-state index in [1.165, 1.54) is 6.07 Å². The van der Waals surface area contributed by atoms with Crippen molar-refractivity contribution in [1.29, 1.82) is 0 Å². The first-order chi connectivity index (χ1) is 7.24. The molecule has 0 heterocycles. The van der Waals surface area contributed by atoms with Gasteiger partial charge in [0, 0.05) is 13.2 Å². The monoisotopic (exact) mass is 211 g/mol. The summed E-state index contributed by atoms with van der Waals surface area (Å²) in [5.74, 6) is -0.212. The van der Waals surface area contributed by atoms with Gasteiger partial charge in [0.2, 0.25) is 0 Å². The third-order valence-corrected chi connectivity index (χ3v) is 2.03. The zero-order valence-corrected chi connectivity index (χ0v) is 9.35. The van der Waals surface area contributed by atoms with Gasteiger partial charge in [-0.3, -0.25) is 0 Å². The molecule has 0 bridgehead atoms. The van der Waals surface area contributed by atoms with E-state index in [4.69, 9.17) is 4.74 Å². The van der Waals surface area contributed by atoms with Crippen molar-refractivity contribution in [3.05, 3.63) is 29.6 Å². The lowest BCUT2D eigenvalue weighted by molar-refractivity contribution is 0.144. The van der Waals surface area contributed by atoms with Crippen LogP contribution in [0.5, 0.6) is 0 Å². The van der Waals surface area contributed by atoms with Gasteiger partial charge in [0.05, 0.1) is 12.3 Å². The normalized spacial score (nSPS) is 10.3. The van der Waals surface area contributed by atoms with Gasteiger partial charge in [0.25, 0.3) is 0 Å². The Morgan fingerprint density at radius 3 is 2.87 bits per heavy atom. The van der Waals surface area contributed by atoms with E-state index in [2.05, 4.69) is 12.2 Å². The van der Waals surface area contributed by atoms with Gasteiger partial charge in [0.1, 0.15) is 5.82 Å². The minimum atomic E-state index is -0.212. The van der Waals surface area contributed by atoms with Crippen LogP contribution in [0, 0.1) is 12.7 Å². The molecule has 15 heavy (non-hydrogen) atoms. The molecule has 0 aromatic heterocycles. The quantitative estimate of drug-likeness (QED) is 0.730. The number of anilines is 1. The van der Waals surface area contributed by atoms with E-state index in [1.54, 1.807) is 12.1 Å². The minimum Gasteiger partial charge on any atom is -0.380 e. The van der Waals surface area contributed by atoms with Gasteiger partial charge in [-0.1, -0.05) is 13.0 Å². The number of aryl methyl sites for hydroxylation is 1. The number of hydrogen-bond donors (Lipinski definition) is 1.